The third-order valence-electron chi connectivity index (χ3n) is 3.04. The lowest BCUT2D eigenvalue weighted by Gasteiger charge is -2.09. The maximum absolute atomic E-state index is 13.6. The second-order valence-corrected chi connectivity index (χ2v) is 5.61. The summed E-state index contributed by atoms with van der Waals surface area (Å²) in [4.78, 5) is 24.4. The van der Waals surface area contributed by atoms with Crippen molar-refractivity contribution in [1.29, 1.82) is 0 Å². The molecule has 0 bridgehead atoms. The van der Waals surface area contributed by atoms with Gasteiger partial charge in [0.1, 0.15) is 11.4 Å². The molecule has 1 fully saturated rings. The SMILES string of the molecule is CCOC(=O)/C(=C/NC1CC1)C(=O)c1cc(F)c(Cl)cc1Cl. The van der Waals surface area contributed by atoms with E-state index >= 15 is 0 Å². The molecule has 1 aliphatic rings. The largest absolute Gasteiger partial charge is 0.462 e. The van der Waals surface area contributed by atoms with Crippen LogP contribution >= 0.6 is 23.2 Å². The molecule has 0 atom stereocenters. The minimum atomic E-state index is -0.785. The van der Waals surface area contributed by atoms with E-state index in [-0.39, 0.29) is 33.8 Å². The van der Waals surface area contributed by atoms with Crippen LogP contribution in [0.4, 0.5) is 4.39 Å². The highest BCUT2D eigenvalue weighted by Gasteiger charge is 2.26. The lowest BCUT2D eigenvalue weighted by atomic mass is 10.0. The molecule has 0 spiro atoms. The topological polar surface area (TPSA) is 55.4 Å². The zero-order valence-corrected chi connectivity index (χ0v) is 13.3. The summed E-state index contributed by atoms with van der Waals surface area (Å²) in [5, 5.41) is 2.72. The number of hydrogen-bond donors (Lipinski definition) is 1. The summed E-state index contributed by atoms with van der Waals surface area (Å²) in [5.74, 6) is -2.29. The molecule has 1 aromatic rings. The molecule has 0 saturated heterocycles. The molecule has 4 nitrogen and oxygen atoms in total. The normalized spacial score (nSPS) is 14.6. The van der Waals surface area contributed by atoms with Crippen molar-refractivity contribution in [2.45, 2.75) is 25.8 Å². The Kier molecular flexibility index (Phi) is 5.42. The van der Waals surface area contributed by atoms with Crippen LogP contribution in [0.15, 0.2) is 23.9 Å². The highest BCUT2D eigenvalue weighted by Crippen LogP contribution is 2.27. The number of benzene rings is 1. The van der Waals surface area contributed by atoms with E-state index in [4.69, 9.17) is 27.9 Å². The van der Waals surface area contributed by atoms with E-state index in [1.165, 1.54) is 6.20 Å². The number of rotatable bonds is 6. The van der Waals surface area contributed by atoms with Gasteiger partial charge in [-0.2, -0.15) is 0 Å². The summed E-state index contributed by atoms with van der Waals surface area (Å²) < 4.78 is 18.4. The molecule has 118 valence electrons. The molecule has 7 heteroatoms. The van der Waals surface area contributed by atoms with E-state index in [1.807, 2.05) is 0 Å². The Morgan fingerprint density at radius 2 is 2.05 bits per heavy atom. The Morgan fingerprint density at radius 3 is 2.64 bits per heavy atom. The molecule has 0 aromatic heterocycles. The molecule has 1 aliphatic carbocycles. The fourth-order valence-corrected chi connectivity index (χ4v) is 2.19. The third-order valence-corrected chi connectivity index (χ3v) is 3.64. The van der Waals surface area contributed by atoms with Gasteiger partial charge in [-0.05, 0) is 31.9 Å². The van der Waals surface area contributed by atoms with Crippen molar-refractivity contribution in [3.05, 3.63) is 45.3 Å². The standard InChI is InChI=1S/C15H14Cl2FNO3/c1-2-22-15(21)10(7-19-8-3-4-8)14(20)9-5-13(18)12(17)6-11(9)16/h5-8,19H,2-4H2,1H3/b10-7+. The van der Waals surface area contributed by atoms with Crippen LogP contribution in [0.5, 0.6) is 0 Å². The lowest BCUT2D eigenvalue weighted by molar-refractivity contribution is -0.138. The fourth-order valence-electron chi connectivity index (χ4n) is 1.72. The zero-order valence-electron chi connectivity index (χ0n) is 11.8. The monoisotopic (exact) mass is 345 g/mol. The summed E-state index contributed by atoms with van der Waals surface area (Å²) in [6.07, 6.45) is 3.25. The van der Waals surface area contributed by atoms with Crippen molar-refractivity contribution >= 4 is 35.0 Å². The summed E-state index contributed by atoms with van der Waals surface area (Å²) >= 11 is 11.5. The van der Waals surface area contributed by atoms with Crippen molar-refractivity contribution in [3.63, 3.8) is 0 Å². The van der Waals surface area contributed by atoms with Crippen molar-refractivity contribution in [1.82, 2.24) is 5.32 Å². The van der Waals surface area contributed by atoms with Crippen LogP contribution in [-0.2, 0) is 9.53 Å². The molecule has 1 saturated carbocycles. The molecule has 1 N–H and O–H groups in total. The number of halogens is 3. The van der Waals surface area contributed by atoms with Gasteiger partial charge in [0.25, 0.3) is 0 Å². The highest BCUT2D eigenvalue weighted by atomic mass is 35.5. The predicted molar refractivity (Wildman–Crippen MR) is 81.6 cm³/mol. The van der Waals surface area contributed by atoms with E-state index in [0.717, 1.165) is 25.0 Å². The molecule has 0 radical (unpaired) electrons. The average molecular weight is 346 g/mol. The Balaban J connectivity index is 2.33. The number of ether oxygens (including phenoxy) is 1. The number of hydrogen-bond acceptors (Lipinski definition) is 4. The molecule has 0 heterocycles. The van der Waals surface area contributed by atoms with Gasteiger partial charge in [-0.3, -0.25) is 4.79 Å². The fraction of sp³-hybridized carbons (Fsp3) is 0.333. The van der Waals surface area contributed by atoms with Gasteiger partial charge in [0.15, 0.2) is 0 Å². The predicted octanol–water partition coefficient (Wildman–Crippen LogP) is 3.51. The molecular formula is C15H14Cl2FNO3. The second kappa shape index (κ2) is 7.11. The van der Waals surface area contributed by atoms with Crippen LogP contribution in [0.3, 0.4) is 0 Å². The van der Waals surface area contributed by atoms with E-state index in [2.05, 4.69) is 5.32 Å². The van der Waals surface area contributed by atoms with E-state index < -0.39 is 17.6 Å². The van der Waals surface area contributed by atoms with E-state index in [1.54, 1.807) is 6.92 Å². The number of esters is 1. The summed E-state index contributed by atoms with van der Waals surface area (Å²) in [6.45, 7) is 1.75. The van der Waals surface area contributed by atoms with Crippen molar-refractivity contribution in [2.24, 2.45) is 0 Å². The van der Waals surface area contributed by atoms with Gasteiger partial charge in [-0.15, -0.1) is 0 Å². The van der Waals surface area contributed by atoms with Gasteiger partial charge >= 0.3 is 5.97 Å². The molecule has 1 aromatic carbocycles. The van der Waals surface area contributed by atoms with Crippen LogP contribution in [0, 0.1) is 5.82 Å². The summed E-state index contributed by atoms with van der Waals surface area (Å²) in [5.41, 5.74) is -0.363. The van der Waals surface area contributed by atoms with Crippen molar-refractivity contribution in [3.8, 4) is 0 Å². The first-order valence-electron chi connectivity index (χ1n) is 6.76. The first-order valence-corrected chi connectivity index (χ1v) is 7.52. The number of Topliss-reactive ketones (excluding diaryl/α,β-unsaturated/α-hetero) is 1. The second-order valence-electron chi connectivity index (χ2n) is 4.79. The van der Waals surface area contributed by atoms with Gasteiger partial charge in [0, 0.05) is 17.8 Å². The average Bonchev–Trinajstić information content (AvgIpc) is 3.27. The van der Waals surface area contributed by atoms with E-state index in [0.29, 0.717) is 0 Å². The quantitative estimate of drug-likeness (QED) is 0.214. The van der Waals surface area contributed by atoms with Crippen LogP contribution < -0.4 is 5.32 Å². The van der Waals surface area contributed by atoms with Crippen LogP contribution in [0.1, 0.15) is 30.1 Å². The smallest absolute Gasteiger partial charge is 0.343 e. The summed E-state index contributed by atoms with van der Waals surface area (Å²) in [6, 6.07) is 2.29. The van der Waals surface area contributed by atoms with Crippen LogP contribution in [0.25, 0.3) is 0 Å². The molecule has 0 aliphatic heterocycles. The molecule has 22 heavy (non-hydrogen) atoms. The first-order chi connectivity index (χ1) is 10.4. The number of nitrogens with one attached hydrogen (secondary N) is 1. The summed E-state index contributed by atoms with van der Waals surface area (Å²) in [7, 11) is 0. The van der Waals surface area contributed by atoms with Crippen LogP contribution in [-0.4, -0.2) is 24.4 Å². The minimum Gasteiger partial charge on any atom is -0.462 e. The Morgan fingerprint density at radius 1 is 1.36 bits per heavy atom. The lowest BCUT2D eigenvalue weighted by Crippen LogP contribution is -2.21. The number of ketones is 1. The van der Waals surface area contributed by atoms with Gasteiger partial charge in [0.05, 0.1) is 16.7 Å². The Hall–Kier alpha value is -1.59. The molecule has 0 amide bonds. The molecular weight excluding hydrogens is 332 g/mol. The number of carbonyl (C=O) groups is 2. The maximum atomic E-state index is 13.6. The highest BCUT2D eigenvalue weighted by molar-refractivity contribution is 6.39. The van der Waals surface area contributed by atoms with Gasteiger partial charge in [0.2, 0.25) is 5.78 Å². The minimum absolute atomic E-state index is 0.0296. The van der Waals surface area contributed by atoms with Gasteiger partial charge in [-0.25, -0.2) is 9.18 Å². The number of carbonyl (C=O) groups excluding carboxylic acids is 2. The first kappa shape index (κ1) is 16.8. The van der Waals surface area contributed by atoms with Crippen molar-refractivity contribution in [2.75, 3.05) is 6.61 Å². The van der Waals surface area contributed by atoms with Gasteiger partial charge < -0.3 is 10.1 Å². The third kappa shape index (κ3) is 3.99. The Bertz CT molecular complexity index is 642. The van der Waals surface area contributed by atoms with Crippen LogP contribution in [0.2, 0.25) is 10.0 Å². The van der Waals surface area contributed by atoms with Gasteiger partial charge in [-0.1, -0.05) is 23.2 Å². The zero-order chi connectivity index (χ0) is 16.3. The van der Waals surface area contributed by atoms with Crippen molar-refractivity contribution < 1.29 is 18.7 Å². The molecule has 2 rings (SSSR count). The van der Waals surface area contributed by atoms with E-state index in [9.17, 15) is 14.0 Å². The maximum Gasteiger partial charge on any atom is 0.343 e. The molecule has 0 unspecified atom stereocenters. The Labute approximate surface area is 137 Å².